The molecule has 1 amide bonds. The van der Waals surface area contributed by atoms with Crippen molar-refractivity contribution in [2.75, 3.05) is 13.1 Å². The summed E-state index contributed by atoms with van der Waals surface area (Å²) in [4.78, 5) is 20.6. The van der Waals surface area contributed by atoms with Crippen LogP contribution in [0.2, 0.25) is 0 Å². The molecule has 14 heavy (non-hydrogen) atoms. The lowest BCUT2D eigenvalue weighted by Crippen LogP contribution is -2.40. The first-order valence-electron chi connectivity index (χ1n) is 4.51. The monoisotopic (exact) mass is 203 g/mol. The average molecular weight is 203 g/mol. The third-order valence-electron chi connectivity index (χ3n) is 1.71. The van der Waals surface area contributed by atoms with E-state index in [-0.39, 0.29) is 12.5 Å². The molecule has 6 heteroatoms. The highest BCUT2D eigenvalue weighted by Gasteiger charge is 2.09. The number of carboxylic acid groups (broad SMARTS) is 1. The molecule has 0 aliphatic rings. The Bertz CT molecular complexity index is 196. The number of hydrogen-bond acceptors (Lipinski definition) is 4. The van der Waals surface area contributed by atoms with E-state index in [1.807, 2.05) is 0 Å². The number of nitrogens with two attached hydrogens (primary N) is 2. The molecule has 0 fully saturated rings. The first-order valence-corrected chi connectivity index (χ1v) is 4.51. The molecular formula is C8H17N3O3. The van der Waals surface area contributed by atoms with Crippen molar-refractivity contribution >= 4 is 11.9 Å². The molecule has 0 saturated heterocycles. The van der Waals surface area contributed by atoms with Crippen molar-refractivity contribution in [1.82, 2.24) is 5.32 Å². The second-order valence-electron chi connectivity index (χ2n) is 3.07. The minimum Gasteiger partial charge on any atom is -0.480 e. The Kier molecular flexibility index (Phi) is 6.69. The highest BCUT2D eigenvalue weighted by atomic mass is 16.4. The molecule has 1 atom stereocenters. The van der Waals surface area contributed by atoms with E-state index in [1.165, 1.54) is 0 Å². The van der Waals surface area contributed by atoms with E-state index in [1.54, 1.807) is 0 Å². The second kappa shape index (κ2) is 7.28. The fraction of sp³-hybridized carbons (Fsp3) is 0.750. The SMILES string of the molecule is NC(=O)CCCCNCC(N)C(=O)O. The normalized spacial score (nSPS) is 12.4. The zero-order valence-electron chi connectivity index (χ0n) is 8.03. The van der Waals surface area contributed by atoms with Crippen molar-refractivity contribution in [3.63, 3.8) is 0 Å². The topological polar surface area (TPSA) is 118 Å². The molecule has 0 rings (SSSR count). The Hall–Kier alpha value is -1.14. The van der Waals surface area contributed by atoms with E-state index < -0.39 is 12.0 Å². The lowest BCUT2D eigenvalue weighted by molar-refractivity contribution is -0.138. The van der Waals surface area contributed by atoms with Crippen LogP contribution in [0.15, 0.2) is 0 Å². The number of aliphatic carboxylic acids is 1. The predicted molar refractivity (Wildman–Crippen MR) is 51.5 cm³/mol. The minimum atomic E-state index is -1.02. The summed E-state index contributed by atoms with van der Waals surface area (Å²) < 4.78 is 0. The number of primary amides is 1. The number of nitrogens with one attached hydrogen (secondary N) is 1. The smallest absolute Gasteiger partial charge is 0.321 e. The molecule has 0 spiro atoms. The number of hydrogen-bond donors (Lipinski definition) is 4. The van der Waals surface area contributed by atoms with Crippen molar-refractivity contribution < 1.29 is 14.7 Å². The van der Waals surface area contributed by atoms with Crippen LogP contribution in [-0.2, 0) is 9.59 Å². The number of carboxylic acids is 1. The molecule has 0 aromatic carbocycles. The first-order chi connectivity index (χ1) is 6.54. The lowest BCUT2D eigenvalue weighted by atomic mass is 10.2. The summed E-state index contributed by atoms with van der Waals surface area (Å²) in [7, 11) is 0. The van der Waals surface area contributed by atoms with E-state index in [4.69, 9.17) is 16.6 Å². The maximum Gasteiger partial charge on any atom is 0.321 e. The van der Waals surface area contributed by atoms with Gasteiger partial charge in [-0.1, -0.05) is 0 Å². The number of amides is 1. The van der Waals surface area contributed by atoms with E-state index in [2.05, 4.69) is 5.32 Å². The molecule has 82 valence electrons. The molecule has 6 nitrogen and oxygen atoms in total. The van der Waals surface area contributed by atoms with Gasteiger partial charge in [-0.15, -0.1) is 0 Å². The molecule has 0 bridgehead atoms. The fourth-order valence-corrected chi connectivity index (χ4v) is 0.894. The summed E-state index contributed by atoms with van der Waals surface area (Å²) in [6, 6.07) is -0.869. The largest absolute Gasteiger partial charge is 0.480 e. The molecule has 0 radical (unpaired) electrons. The van der Waals surface area contributed by atoms with Gasteiger partial charge in [0.15, 0.2) is 0 Å². The van der Waals surface area contributed by atoms with Crippen molar-refractivity contribution in [3.8, 4) is 0 Å². The predicted octanol–water partition coefficient (Wildman–Crippen LogP) is -1.36. The van der Waals surface area contributed by atoms with Gasteiger partial charge in [0.1, 0.15) is 6.04 Å². The molecule has 6 N–H and O–H groups in total. The Balaban J connectivity index is 3.21. The van der Waals surface area contributed by atoms with E-state index >= 15 is 0 Å². The molecule has 0 saturated carbocycles. The summed E-state index contributed by atoms with van der Waals surface area (Å²) >= 11 is 0. The number of carbonyl (C=O) groups is 2. The first kappa shape index (κ1) is 12.9. The standard InChI is InChI=1S/C8H17N3O3/c9-6(8(13)14)5-11-4-2-1-3-7(10)12/h6,11H,1-5,9H2,(H2,10,12)(H,13,14). The van der Waals surface area contributed by atoms with Crippen LogP contribution >= 0.6 is 0 Å². The van der Waals surface area contributed by atoms with Gasteiger partial charge in [0.25, 0.3) is 0 Å². The number of carbonyl (C=O) groups excluding carboxylic acids is 1. The molecular weight excluding hydrogens is 186 g/mol. The minimum absolute atomic E-state index is 0.242. The van der Waals surface area contributed by atoms with Gasteiger partial charge in [0.05, 0.1) is 0 Å². The average Bonchev–Trinajstić information content (AvgIpc) is 2.09. The second-order valence-corrected chi connectivity index (χ2v) is 3.07. The Morgan fingerprint density at radius 2 is 2.00 bits per heavy atom. The van der Waals surface area contributed by atoms with E-state index in [0.29, 0.717) is 19.4 Å². The fourth-order valence-electron chi connectivity index (χ4n) is 0.894. The highest BCUT2D eigenvalue weighted by Crippen LogP contribution is 1.92. The maximum absolute atomic E-state index is 10.3. The van der Waals surface area contributed by atoms with Crippen LogP contribution in [0.1, 0.15) is 19.3 Å². The van der Waals surface area contributed by atoms with E-state index in [0.717, 1.165) is 6.42 Å². The Morgan fingerprint density at radius 1 is 1.36 bits per heavy atom. The van der Waals surface area contributed by atoms with Gasteiger partial charge < -0.3 is 21.9 Å². The van der Waals surface area contributed by atoms with Crippen molar-refractivity contribution in [3.05, 3.63) is 0 Å². The number of unbranched alkanes of at least 4 members (excludes halogenated alkanes) is 1. The van der Waals surface area contributed by atoms with Crippen LogP contribution in [0, 0.1) is 0 Å². The molecule has 0 aliphatic heterocycles. The van der Waals surface area contributed by atoms with E-state index in [9.17, 15) is 9.59 Å². The van der Waals surface area contributed by atoms with Crippen molar-refractivity contribution in [1.29, 1.82) is 0 Å². The van der Waals surface area contributed by atoms with Crippen LogP contribution in [0.25, 0.3) is 0 Å². The summed E-state index contributed by atoms with van der Waals surface area (Å²) in [5.74, 6) is -1.33. The highest BCUT2D eigenvalue weighted by molar-refractivity contribution is 5.73. The lowest BCUT2D eigenvalue weighted by Gasteiger charge is -2.07. The Morgan fingerprint density at radius 3 is 2.50 bits per heavy atom. The van der Waals surface area contributed by atoms with Gasteiger partial charge in [-0.25, -0.2) is 0 Å². The molecule has 0 aromatic rings. The van der Waals surface area contributed by atoms with Crippen molar-refractivity contribution in [2.45, 2.75) is 25.3 Å². The van der Waals surface area contributed by atoms with Gasteiger partial charge in [0.2, 0.25) is 5.91 Å². The third kappa shape index (κ3) is 7.51. The van der Waals surface area contributed by atoms with Gasteiger partial charge >= 0.3 is 5.97 Å². The van der Waals surface area contributed by atoms with Gasteiger partial charge in [-0.05, 0) is 19.4 Å². The number of rotatable bonds is 8. The van der Waals surface area contributed by atoms with Crippen LogP contribution in [0.4, 0.5) is 0 Å². The Labute approximate surface area is 82.6 Å². The quantitative estimate of drug-likeness (QED) is 0.363. The molecule has 0 heterocycles. The summed E-state index contributed by atoms with van der Waals surface area (Å²) in [5.41, 5.74) is 10.2. The van der Waals surface area contributed by atoms with Crippen LogP contribution in [0.5, 0.6) is 0 Å². The van der Waals surface area contributed by atoms with Gasteiger partial charge in [-0.3, -0.25) is 9.59 Å². The zero-order chi connectivity index (χ0) is 11.0. The van der Waals surface area contributed by atoms with Crippen LogP contribution < -0.4 is 16.8 Å². The molecule has 0 aromatic heterocycles. The zero-order valence-corrected chi connectivity index (χ0v) is 8.03. The maximum atomic E-state index is 10.3. The van der Waals surface area contributed by atoms with Gasteiger partial charge in [0, 0.05) is 13.0 Å². The summed E-state index contributed by atoms with van der Waals surface area (Å²) in [5, 5.41) is 11.3. The summed E-state index contributed by atoms with van der Waals surface area (Å²) in [6.07, 6.45) is 1.87. The third-order valence-corrected chi connectivity index (χ3v) is 1.71. The summed E-state index contributed by atoms with van der Waals surface area (Å²) in [6.45, 7) is 0.889. The van der Waals surface area contributed by atoms with Crippen molar-refractivity contribution in [2.24, 2.45) is 11.5 Å². The van der Waals surface area contributed by atoms with Crippen LogP contribution in [-0.4, -0.2) is 36.1 Å². The molecule has 0 aliphatic carbocycles. The molecule has 1 unspecified atom stereocenters. The van der Waals surface area contributed by atoms with Gasteiger partial charge in [-0.2, -0.15) is 0 Å². The van der Waals surface area contributed by atoms with Crippen LogP contribution in [0.3, 0.4) is 0 Å².